The van der Waals surface area contributed by atoms with Gasteiger partial charge in [0.15, 0.2) is 0 Å². The average molecular weight is 260 g/mol. The maximum absolute atomic E-state index is 13.8. The predicted molar refractivity (Wildman–Crippen MR) is 68.6 cm³/mol. The SMILES string of the molecule is CC1CC(=O)N(c2ccc(C#CCN)c(F)c2)C1=O. The Morgan fingerprint density at radius 2 is 2.21 bits per heavy atom. The predicted octanol–water partition coefficient (Wildman–Crippen LogP) is 1.04. The van der Waals surface area contributed by atoms with Crippen LogP contribution in [0.5, 0.6) is 0 Å². The van der Waals surface area contributed by atoms with Crippen LogP contribution in [0.2, 0.25) is 0 Å². The molecule has 1 aromatic rings. The van der Waals surface area contributed by atoms with Crippen LogP contribution in [0.3, 0.4) is 0 Å². The number of amides is 2. The molecule has 1 aromatic carbocycles. The molecule has 1 heterocycles. The van der Waals surface area contributed by atoms with Gasteiger partial charge in [0, 0.05) is 12.3 Å². The summed E-state index contributed by atoms with van der Waals surface area (Å²) in [4.78, 5) is 24.5. The van der Waals surface area contributed by atoms with Gasteiger partial charge in [0.2, 0.25) is 11.8 Å². The zero-order valence-electron chi connectivity index (χ0n) is 10.4. The fourth-order valence-corrected chi connectivity index (χ4v) is 1.95. The zero-order chi connectivity index (χ0) is 14.0. The summed E-state index contributed by atoms with van der Waals surface area (Å²) >= 11 is 0. The van der Waals surface area contributed by atoms with Crippen LogP contribution in [0.4, 0.5) is 10.1 Å². The molecule has 0 saturated carbocycles. The van der Waals surface area contributed by atoms with Crippen molar-refractivity contribution < 1.29 is 14.0 Å². The van der Waals surface area contributed by atoms with Crippen molar-refractivity contribution in [2.45, 2.75) is 13.3 Å². The lowest BCUT2D eigenvalue weighted by atomic mass is 10.1. The molecule has 0 radical (unpaired) electrons. The number of nitrogens with zero attached hydrogens (tertiary/aromatic N) is 1. The third kappa shape index (κ3) is 2.49. The second-order valence-corrected chi connectivity index (χ2v) is 4.34. The van der Waals surface area contributed by atoms with Crippen LogP contribution in [-0.2, 0) is 9.59 Å². The highest BCUT2D eigenvalue weighted by Gasteiger charge is 2.36. The minimum absolute atomic E-state index is 0.141. The molecule has 1 saturated heterocycles. The number of hydrogen-bond acceptors (Lipinski definition) is 3. The molecule has 5 heteroatoms. The number of nitrogens with two attached hydrogens (primary N) is 1. The lowest BCUT2D eigenvalue weighted by molar-refractivity contribution is -0.122. The molecule has 1 atom stereocenters. The summed E-state index contributed by atoms with van der Waals surface area (Å²) in [6.45, 7) is 1.82. The van der Waals surface area contributed by atoms with E-state index in [4.69, 9.17) is 5.73 Å². The van der Waals surface area contributed by atoms with Crippen LogP contribution < -0.4 is 10.6 Å². The molecule has 19 heavy (non-hydrogen) atoms. The number of halogens is 1. The molecule has 0 aliphatic carbocycles. The number of imide groups is 1. The second-order valence-electron chi connectivity index (χ2n) is 4.34. The summed E-state index contributed by atoms with van der Waals surface area (Å²) in [5, 5.41) is 0. The number of hydrogen-bond donors (Lipinski definition) is 1. The summed E-state index contributed by atoms with van der Waals surface area (Å²) < 4.78 is 13.8. The molecular formula is C14H13FN2O2. The van der Waals surface area contributed by atoms with Crippen molar-refractivity contribution in [3.63, 3.8) is 0 Å². The molecular weight excluding hydrogens is 247 g/mol. The van der Waals surface area contributed by atoms with E-state index in [1.165, 1.54) is 12.1 Å². The standard InChI is InChI=1S/C14H13FN2O2/c1-9-7-13(18)17(14(9)19)11-5-4-10(3-2-6-16)12(15)8-11/h4-5,8-9H,6-7,16H2,1H3. The Hall–Kier alpha value is -2.19. The summed E-state index contributed by atoms with van der Waals surface area (Å²) in [6.07, 6.45) is 0.162. The van der Waals surface area contributed by atoms with Gasteiger partial charge in [-0.3, -0.25) is 14.5 Å². The summed E-state index contributed by atoms with van der Waals surface area (Å²) in [6, 6.07) is 4.10. The van der Waals surface area contributed by atoms with E-state index in [1.807, 2.05) is 0 Å². The summed E-state index contributed by atoms with van der Waals surface area (Å²) in [5.74, 6) is 3.60. The molecule has 0 bridgehead atoms. The van der Waals surface area contributed by atoms with Crippen molar-refractivity contribution in [1.82, 2.24) is 0 Å². The van der Waals surface area contributed by atoms with Crippen LogP contribution in [0.15, 0.2) is 18.2 Å². The number of rotatable bonds is 1. The van der Waals surface area contributed by atoms with Crippen molar-refractivity contribution in [2.24, 2.45) is 11.7 Å². The topological polar surface area (TPSA) is 63.4 Å². The van der Waals surface area contributed by atoms with Gasteiger partial charge in [0.05, 0.1) is 17.8 Å². The Morgan fingerprint density at radius 1 is 1.47 bits per heavy atom. The fourth-order valence-electron chi connectivity index (χ4n) is 1.95. The highest BCUT2D eigenvalue weighted by Crippen LogP contribution is 2.27. The van der Waals surface area contributed by atoms with Crippen molar-refractivity contribution in [3.05, 3.63) is 29.6 Å². The van der Waals surface area contributed by atoms with E-state index in [1.54, 1.807) is 6.92 Å². The number of benzene rings is 1. The van der Waals surface area contributed by atoms with Crippen molar-refractivity contribution in [1.29, 1.82) is 0 Å². The summed E-state index contributed by atoms with van der Waals surface area (Å²) in [7, 11) is 0. The highest BCUT2D eigenvalue weighted by molar-refractivity contribution is 6.20. The van der Waals surface area contributed by atoms with Crippen LogP contribution in [-0.4, -0.2) is 18.4 Å². The van der Waals surface area contributed by atoms with Crippen molar-refractivity contribution in [2.75, 3.05) is 11.4 Å². The number of carbonyl (C=O) groups is 2. The second kappa shape index (κ2) is 5.21. The minimum atomic E-state index is -0.571. The molecule has 98 valence electrons. The fraction of sp³-hybridized carbons (Fsp3) is 0.286. The smallest absolute Gasteiger partial charge is 0.237 e. The number of anilines is 1. The van der Waals surface area contributed by atoms with E-state index in [0.29, 0.717) is 0 Å². The van der Waals surface area contributed by atoms with Gasteiger partial charge in [-0.05, 0) is 18.2 Å². The Morgan fingerprint density at radius 3 is 2.74 bits per heavy atom. The van der Waals surface area contributed by atoms with Gasteiger partial charge in [-0.1, -0.05) is 18.8 Å². The van der Waals surface area contributed by atoms with Gasteiger partial charge in [-0.2, -0.15) is 0 Å². The third-order valence-electron chi connectivity index (χ3n) is 2.91. The van der Waals surface area contributed by atoms with Crippen LogP contribution >= 0.6 is 0 Å². The molecule has 2 amide bonds. The van der Waals surface area contributed by atoms with Gasteiger partial charge in [0.25, 0.3) is 0 Å². The van der Waals surface area contributed by atoms with E-state index in [9.17, 15) is 14.0 Å². The lowest BCUT2D eigenvalue weighted by Gasteiger charge is -2.14. The van der Waals surface area contributed by atoms with Crippen molar-refractivity contribution >= 4 is 17.5 Å². The van der Waals surface area contributed by atoms with Gasteiger partial charge >= 0.3 is 0 Å². The molecule has 1 unspecified atom stereocenters. The summed E-state index contributed by atoms with van der Waals surface area (Å²) in [5.41, 5.74) is 5.66. The Labute approximate surface area is 110 Å². The first kappa shape index (κ1) is 13.2. The van der Waals surface area contributed by atoms with E-state index in [2.05, 4.69) is 11.8 Å². The Balaban J connectivity index is 2.35. The molecule has 4 nitrogen and oxygen atoms in total. The van der Waals surface area contributed by atoms with Crippen LogP contribution in [0, 0.1) is 23.6 Å². The average Bonchev–Trinajstić information content (AvgIpc) is 2.62. The highest BCUT2D eigenvalue weighted by atomic mass is 19.1. The Bertz CT molecular complexity index is 601. The van der Waals surface area contributed by atoms with E-state index < -0.39 is 5.82 Å². The maximum atomic E-state index is 13.8. The largest absolute Gasteiger partial charge is 0.320 e. The molecule has 1 aliphatic heterocycles. The number of carbonyl (C=O) groups excluding carboxylic acids is 2. The van der Waals surface area contributed by atoms with Crippen LogP contribution in [0.1, 0.15) is 18.9 Å². The maximum Gasteiger partial charge on any atom is 0.237 e. The molecule has 0 aromatic heterocycles. The molecule has 1 fully saturated rings. The zero-order valence-corrected chi connectivity index (χ0v) is 10.4. The normalized spacial score (nSPS) is 18.5. The quantitative estimate of drug-likeness (QED) is 0.606. The molecule has 2 N–H and O–H groups in total. The van der Waals surface area contributed by atoms with E-state index in [-0.39, 0.29) is 41.9 Å². The lowest BCUT2D eigenvalue weighted by Crippen LogP contribution is -2.30. The van der Waals surface area contributed by atoms with Gasteiger partial charge in [-0.15, -0.1) is 0 Å². The minimum Gasteiger partial charge on any atom is -0.320 e. The van der Waals surface area contributed by atoms with E-state index in [0.717, 1.165) is 11.0 Å². The van der Waals surface area contributed by atoms with E-state index >= 15 is 0 Å². The first-order valence-corrected chi connectivity index (χ1v) is 5.90. The molecule has 1 aliphatic rings. The monoisotopic (exact) mass is 260 g/mol. The van der Waals surface area contributed by atoms with Crippen LogP contribution in [0.25, 0.3) is 0 Å². The van der Waals surface area contributed by atoms with Gasteiger partial charge in [0.1, 0.15) is 5.82 Å². The van der Waals surface area contributed by atoms with Crippen molar-refractivity contribution in [3.8, 4) is 11.8 Å². The molecule has 0 spiro atoms. The molecule has 2 rings (SSSR count). The Kier molecular flexibility index (Phi) is 3.63. The first-order valence-electron chi connectivity index (χ1n) is 5.90. The first-order chi connectivity index (χ1) is 9.04. The third-order valence-corrected chi connectivity index (χ3v) is 2.91. The van der Waals surface area contributed by atoms with Gasteiger partial charge < -0.3 is 5.73 Å². The van der Waals surface area contributed by atoms with Gasteiger partial charge in [-0.25, -0.2) is 4.39 Å².